The maximum Gasteiger partial charge on any atom is 0.319 e. The maximum atomic E-state index is 12.5. The zero-order chi connectivity index (χ0) is 16.6. The Hall–Kier alpha value is -2.49. The molecule has 1 heterocycles. The van der Waals surface area contributed by atoms with Crippen molar-refractivity contribution in [2.75, 3.05) is 20.6 Å². The number of fused-ring (bicyclic) bond motifs is 1. The van der Waals surface area contributed by atoms with Crippen LogP contribution in [0, 0.1) is 6.92 Å². The van der Waals surface area contributed by atoms with Crippen molar-refractivity contribution in [2.24, 2.45) is 0 Å². The van der Waals surface area contributed by atoms with Crippen molar-refractivity contribution < 1.29 is 9.90 Å². The number of aromatic hydroxyl groups is 1. The van der Waals surface area contributed by atoms with Gasteiger partial charge in [-0.15, -0.1) is 0 Å². The van der Waals surface area contributed by atoms with E-state index in [-0.39, 0.29) is 17.7 Å². The average molecular weight is 310 g/mol. The molecule has 1 unspecified atom stereocenters. The Morgan fingerprint density at radius 2 is 1.96 bits per heavy atom. The van der Waals surface area contributed by atoms with Crippen molar-refractivity contribution in [3.63, 3.8) is 0 Å². The number of phenols is 1. The van der Waals surface area contributed by atoms with Crippen molar-refractivity contribution in [3.8, 4) is 5.75 Å². The van der Waals surface area contributed by atoms with Crippen molar-refractivity contribution in [1.29, 1.82) is 0 Å². The molecular weight excluding hydrogens is 288 g/mol. The molecule has 0 fully saturated rings. The normalized spacial score (nSPS) is 16.8. The van der Waals surface area contributed by atoms with E-state index in [0.29, 0.717) is 13.1 Å². The average Bonchev–Trinajstić information content (AvgIpc) is 2.53. The van der Waals surface area contributed by atoms with Crippen LogP contribution >= 0.6 is 0 Å². The summed E-state index contributed by atoms with van der Waals surface area (Å²) in [5.74, 6) is 0.336. The topological polar surface area (TPSA) is 43.8 Å². The van der Waals surface area contributed by atoms with E-state index in [1.54, 1.807) is 31.1 Å². The number of urea groups is 1. The van der Waals surface area contributed by atoms with Crippen LogP contribution in [-0.4, -0.2) is 41.6 Å². The van der Waals surface area contributed by atoms with Gasteiger partial charge in [0.15, 0.2) is 0 Å². The predicted octanol–water partition coefficient (Wildman–Crippen LogP) is 3.33. The van der Waals surface area contributed by atoms with Crippen LogP contribution in [0.1, 0.15) is 28.2 Å². The summed E-state index contributed by atoms with van der Waals surface area (Å²) in [5, 5.41) is 9.82. The fraction of sp³-hybridized carbons (Fsp3) is 0.316. The molecule has 1 aliphatic heterocycles. The van der Waals surface area contributed by atoms with Gasteiger partial charge in [-0.1, -0.05) is 30.3 Å². The minimum Gasteiger partial charge on any atom is -0.508 e. The first kappa shape index (κ1) is 15.4. The fourth-order valence-electron chi connectivity index (χ4n) is 3.30. The molecule has 0 bridgehead atoms. The highest BCUT2D eigenvalue weighted by molar-refractivity contribution is 5.74. The third-order valence-electron chi connectivity index (χ3n) is 4.50. The molecular formula is C19H22N2O2. The van der Waals surface area contributed by atoms with Crippen LogP contribution in [0.5, 0.6) is 5.75 Å². The van der Waals surface area contributed by atoms with E-state index in [1.165, 1.54) is 16.7 Å². The van der Waals surface area contributed by atoms with Crippen molar-refractivity contribution >= 4 is 6.03 Å². The van der Waals surface area contributed by atoms with Crippen LogP contribution in [0.25, 0.3) is 0 Å². The van der Waals surface area contributed by atoms with Gasteiger partial charge < -0.3 is 14.9 Å². The van der Waals surface area contributed by atoms with Gasteiger partial charge in [-0.3, -0.25) is 0 Å². The second kappa shape index (κ2) is 5.95. The molecule has 0 saturated carbocycles. The maximum absolute atomic E-state index is 12.5. The van der Waals surface area contributed by atoms with Gasteiger partial charge in [0.25, 0.3) is 0 Å². The quantitative estimate of drug-likeness (QED) is 0.878. The van der Waals surface area contributed by atoms with E-state index in [4.69, 9.17) is 0 Å². The van der Waals surface area contributed by atoms with Crippen molar-refractivity contribution in [3.05, 3.63) is 64.7 Å². The van der Waals surface area contributed by atoms with E-state index in [0.717, 1.165) is 5.56 Å². The van der Waals surface area contributed by atoms with Crippen LogP contribution in [0.4, 0.5) is 4.79 Å². The lowest BCUT2D eigenvalue weighted by Gasteiger charge is -2.37. The van der Waals surface area contributed by atoms with Crippen LogP contribution in [0.2, 0.25) is 0 Å². The first-order chi connectivity index (χ1) is 11.0. The molecule has 1 aliphatic rings. The SMILES string of the molecule is Cc1cccc2c1CN(C(=O)N(C)C)CC2c1cccc(O)c1. The first-order valence-electron chi connectivity index (χ1n) is 7.81. The highest BCUT2D eigenvalue weighted by Gasteiger charge is 2.30. The molecule has 4 nitrogen and oxygen atoms in total. The second-order valence-electron chi connectivity index (χ2n) is 6.35. The largest absolute Gasteiger partial charge is 0.508 e. The molecule has 23 heavy (non-hydrogen) atoms. The smallest absolute Gasteiger partial charge is 0.319 e. The molecule has 0 aliphatic carbocycles. The van der Waals surface area contributed by atoms with E-state index in [1.807, 2.05) is 17.0 Å². The lowest BCUT2D eigenvalue weighted by molar-refractivity contribution is 0.162. The highest BCUT2D eigenvalue weighted by atomic mass is 16.3. The Morgan fingerprint density at radius 1 is 1.22 bits per heavy atom. The zero-order valence-corrected chi connectivity index (χ0v) is 13.8. The van der Waals surface area contributed by atoms with Gasteiger partial charge in [-0.25, -0.2) is 4.79 Å². The third kappa shape index (κ3) is 2.89. The van der Waals surface area contributed by atoms with Gasteiger partial charge in [0, 0.05) is 33.1 Å². The Morgan fingerprint density at radius 3 is 2.65 bits per heavy atom. The third-order valence-corrected chi connectivity index (χ3v) is 4.50. The van der Waals surface area contributed by atoms with Gasteiger partial charge in [-0.2, -0.15) is 0 Å². The lowest BCUT2D eigenvalue weighted by atomic mass is 9.83. The molecule has 0 radical (unpaired) electrons. The summed E-state index contributed by atoms with van der Waals surface area (Å²) in [6, 6.07) is 13.6. The molecule has 2 aromatic carbocycles. The van der Waals surface area contributed by atoms with Gasteiger partial charge >= 0.3 is 6.03 Å². The van der Waals surface area contributed by atoms with E-state index in [2.05, 4.69) is 25.1 Å². The standard InChI is InChI=1S/C19H22N2O2/c1-13-6-4-9-16-17(13)11-21(19(23)20(2)3)12-18(16)14-7-5-8-15(22)10-14/h4-10,18,22H,11-12H2,1-3H3. The number of benzene rings is 2. The first-order valence-corrected chi connectivity index (χ1v) is 7.81. The molecule has 0 spiro atoms. The number of hydrogen-bond acceptors (Lipinski definition) is 2. The summed E-state index contributed by atoms with van der Waals surface area (Å²) < 4.78 is 0. The second-order valence-corrected chi connectivity index (χ2v) is 6.35. The highest BCUT2D eigenvalue weighted by Crippen LogP contribution is 2.36. The summed E-state index contributed by atoms with van der Waals surface area (Å²) >= 11 is 0. The summed E-state index contributed by atoms with van der Waals surface area (Å²) in [4.78, 5) is 16.0. The van der Waals surface area contributed by atoms with Crippen molar-refractivity contribution in [2.45, 2.75) is 19.4 Å². The summed E-state index contributed by atoms with van der Waals surface area (Å²) in [7, 11) is 3.55. The number of aryl methyl sites for hydroxylation is 1. The molecule has 2 amide bonds. The van der Waals surface area contributed by atoms with Crippen molar-refractivity contribution in [1.82, 2.24) is 9.80 Å². The number of nitrogens with zero attached hydrogens (tertiary/aromatic N) is 2. The molecule has 1 atom stereocenters. The summed E-state index contributed by atoms with van der Waals surface area (Å²) in [6.45, 7) is 3.34. The van der Waals surface area contributed by atoms with E-state index >= 15 is 0 Å². The number of hydrogen-bond donors (Lipinski definition) is 1. The van der Waals surface area contributed by atoms with Crippen LogP contribution < -0.4 is 0 Å². The number of phenolic OH excluding ortho intramolecular Hbond substituents is 1. The van der Waals surface area contributed by atoms with Gasteiger partial charge in [-0.05, 0) is 41.3 Å². The van der Waals surface area contributed by atoms with Gasteiger partial charge in [0.05, 0.1) is 0 Å². The molecule has 3 rings (SSSR count). The number of amides is 2. The minimum absolute atomic E-state index is 0.0176. The number of carbonyl (C=O) groups excluding carboxylic acids is 1. The van der Waals surface area contributed by atoms with E-state index in [9.17, 15) is 9.90 Å². The monoisotopic (exact) mass is 310 g/mol. The van der Waals surface area contributed by atoms with Crippen LogP contribution in [0.15, 0.2) is 42.5 Å². The lowest BCUT2D eigenvalue weighted by Crippen LogP contribution is -2.44. The van der Waals surface area contributed by atoms with Crippen LogP contribution in [0.3, 0.4) is 0 Å². The number of rotatable bonds is 1. The fourth-order valence-corrected chi connectivity index (χ4v) is 3.30. The Kier molecular flexibility index (Phi) is 3.99. The Labute approximate surface area is 137 Å². The van der Waals surface area contributed by atoms with Gasteiger partial charge in [0.2, 0.25) is 0 Å². The Balaban J connectivity index is 2.08. The Bertz CT molecular complexity index is 740. The molecule has 0 saturated heterocycles. The predicted molar refractivity (Wildman–Crippen MR) is 90.6 cm³/mol. The summed E-state index contributed by atoms with van der Waals surface area (Å²) in [6.07, 6.45) is 0. The molecule has 120 valence electrons. The van der Waals surface area contributed by atoms with Crippen LogP contribution in [-0.2, 0) is 6.54 Å². The number of carbonyl (C=O) groups is 1. The molecule has 2 aromatic rings. The van der Waals surface area contributed by atoms with Gasteiger partial charge in [0.1, 0.15) is 5.75 Å². The zero-order valence-electron chi connectivity index (χ0n) is 13.8. The van der Waals surface area contributed by atoms with E-state index < -0.39 is 0 Å². The molecule has 4 heteroatoms. The molecule has 1 N–H and O–H groups in total. The summed E-state index contributed by atoms with van der Waals surface area (Å²) in [5.41, 5.74) is 4.69. The minimum atomic E-state index is 0.0176. The molecule has 0 aromatic heterocycles.